The molecule has 4 nitrogen and oxygen atoms in total. The Bertz CT molecular complexity index is 536. The van der Waals surface area contributed by atoms with E-state index in [4.69, 9.17) is 21.7 Å². The van der Waals surface area contributed by atoms with Gasteiger partial charge in [-0.15, -0.1) is 0 Å². The van der Waals surface area contributed by atoms with E-state index < -0.39 is 9.05 Å². The van der Waals surface area contributed by atoms with E-state index in [-0.39, 0.29) is 17.0 Å². The van der Waals surface area contributed by atoms with E-state index in [0.717, 1.165) is 0 Å². The van der Waals surface area contributed by atoms with Crippen LogP contribution in [-0.4, -0.2) is 8.42 Å². The molecule has 0 unspecified atom stereocenters. The Morgan fingerprint density at radius 2 is 2.13 bits per heavy atom. The predicted octanol–water partition coefficient (Wildman–Crippen LogP) is 1.71. The normalized spacial score (nSPS) is 11.1. The second kappa shape index (κ2) is 4.49. The Hall–Kier alpha value is -0.610. The summed E-state index contributed by atoms with van der Waals surface area (Å²) < 4.78 is 22.7. The van der Waals surface area contributed by atoms with Gasteiger partial charge in [0.2, 0.25) is 0 Å². The zero-order valence-electron chi connectivity index (χ0n) is 7.37. The second-order valence-corrected chi connectivity index (χ2v) is 6.03. The lowest BCUT2D eigenvalue weighted by atomic mass is 10.1. The zero-order chi connectivity index (χ0) is 11.6. The van der Waals surface area contributed by atoms with Gasteiger partial charge in [0.25, 0.3) is 9.05 Å². The minimum Gasteiger partial charge on any atom is -0.326 e. The molecule has 0 aromatic heterocycles. The summed E-state index contributed by atoms with van der Waals surface area (Å²) in [5, 5.41) is 8.69. The first kappa shape index (κ1) is 12.5. The van der Waals surface area contributed by atoms with Gasteiger partial charge in [-0.2, -0.15) is 5.26 Å². The molecule has 7 heteroatoms. The highest BCUT2D eigenvalue weighted by molar-refractivity contribution is 9.10. The number of benzene rings is 1. The molecular weight excluding hydrogens is 304 g/mol. The van der Waals surface area contributed by atoms with Crippen LogP contribution in [0.1, 0.15) is 11.1 Å². The van der Waals surface area contributed by atoms with Crippen molar-refractivity contribution in [1.82, 2.24) is 0 Å². The van der Waals surface area contributed by atoms with Gasteiger partial charge in [-0.3, -0.25) is 0 Å². The molecule has 1 rings (SSSR count). The fourth-order valence-corrected chi connectivity index (χ4v) is 3.33. The lowest BCUT2D eigenvalue weighted by Gasteiger charge is -2.06. The third kappa shape index (κ3) is 2.69. The van der Waals surface area contributed by atoms with Crippen LogP contribution in [0.25, 0.3) is 0 Å². The van der Waals surface area contributed by atoms with Gasteiger partial charge in [0.05, 0.1) is 16.5 Å². The minimum atomic E-state index is -3.88. The molecular formula is C8H6BrClN2O2S. The lowest BCUT2D eigenvalue weighted by molar-refractivity contribution is 0.609. The van der Waals surface area contributed by atoms with Gasteiger partial charge in [0.1, 0.15) is 0 Å². The molecule has 0 saturated heterocycles. The molecule has 1 aromatic carbocycles. The fraction of sp³-hybridized carbons (Fsp3) is 0.125. The summed E-state index contributed by atoms with van der Waals surface area (Å²) in [6, 6.07) is 4.55. The molecule has 0 spiro atoms. The highest BCUT2D eigenvalue weighted by Gasteiger charge is 2.18. The maximum atomic E-state index is 11.2. The van der Waals surface area contributed by atoms with Gasteiger partial charge in [0.15, 0.2) is 0 Å². The third-order valence-electron chi connectivity index (χ3n) is 1.73. The number of halogens is 2. The standard InChI is InChI=1S/C8H6BrClN2O2S/c9-8-6(4-12)1-5(3-11)2-7(8)15(10,13)14/h1-2H,4,12H2. The largest absolute Gasteiger partial charge is 0.326 e. The number of nitrogens with zero attached hydrogens (tertiary/aromatic N) is 1. The molecule has 0 saturated carbocycles. The molecule has 0 heterocycles. The Kier molecular flexibility index (Phi) is 3.73. The molecule has 0 aliphatic carbocycles. The Labute approximate surface area is 100 Å². The van der Waals surface area contributed by atoms with E-state index in [2.05, 4.69) is 15.9 Å². The maximum absolute atomic E-state index is 11.2. The van der Waals surface area contributed by atoms with Crippen LogP contribution in [-0.2, 0) is 15.6 Å². The molecule has 0 fully saturated rings. The van der Waals surface area contributed by atoms with Crippen LogP contribution in [0, 0.1) is 11.3 Å². The first-order valence-electron chi connectivity index (χ1n) is 3.77. The van der Waals surface area contributed by atoms with Crippen molar-refractivity contribution < 1.29 is 8.42 Å². The maximum Gasteiger partial charge on any atom is 0.262 e. The molecule has 0 atom stereocenters. The van der Waals surface area contributed by atoms with Crippen molar-refractivity contribution in [2.45, 2.75) is 11.4 Å². The molecule has 0 radical (unpaired) electrons. The molecule has 0 aliphatic rings. The highest BCUT2D eigenvalue weighted by Crippen LogP contribution is 2.29. The van der Waals surface area contributed by atoms with Crippen molar-refractivity contribution in [2.75, 3.05) is 0 Å². The third-order valence-corrected chi connectivity index (χ3v) is 4.27. The van der Waals surface area contributed by atoms with Crippen LogP contribution in [0.15, 0.2) is 21.5 Å². The first-order valence-corrected chi connectivity index (χ1v) is 6.87. The van der Waals surface area contributed by atoms with E-state index in [1.807, 2.05) is 6.07 Å². The highest BCUT2D eigenvalue weighted by atomic mass is 79.9. The molecule has 2 N–H and O–H groups in total. The average Bonchev–Trinajstić information content (AvgIpc) is 2.16. The lowest BCUT2D eigenvalue weighted by Crippen LogP contribution is -2.02. The molecule has 15 heavy (non-hydrogen) atoms. The van der Waals surface area contributed by atoms with Crippen LogP contribution in [0.3, 0.4) is 0 Å². The van der Waals surface area contributed by atoms with Crippen LogP contribution in [0.5, 0.6) is 0 Å². The van der Waals surface area contributed by atoms with E-state index >= 15 is 0 Å². The van der Waals surface area contributed by atoms with Gasteiger partial charge >= 0.3 is 0 Å². The van der Waals surface area contributed by atoms with Gasteiger partial charge in [-0.25, -0.2) is 8.42 Å². The van der Waals surface area contributed by atoms with Crippen molar-refractivity contribution in [2.24, 2.45) is 5.73 Å². The van der Waals surface area contributed by atoms with Crippen LogP contribution in [0.2, 0.25) is 0 Å². The Balaban J connectivity index is 3.60. The number of nitriles is 1. The number of hydrogen-bond acceptors (Lipinski definition) is 4. The zero-order valence-corrected chi connectivity index (χ0v) is 10.5. The minimum absolute atomic E-state index is 0.121. The first-order chi connectivity index (χ1) is 6.90. The van der Waals surface area contributed by atoms with Gasteiger partial charge < -0.3 is 5.73 Å². The average molecular weight is 310 g/mol. The van der Waals surface area contributed by atoms with E-state index in [1.54, 1.807) is 0 Å². The Morgan fingerprint density at radius 1 is 1.53 bits per heavy atom. The van der Waals surface area contributed by atoms with Crippen LogP contribution >= 0.6 is 26.6 Å². The summed E-state index contributed by atoms with van der Waals surface area (Å²) >= 11 is 3.09. The van der Waals surface area contributed by atoms with Crippen LogP contribution in [0.4, 0.5) is 0 Å². The SMILES string of the molecule is N#Cc1cc(CN)c(Br)c(S(=O)(=O)Cl)c1. The monoisotopic (exact) mass is 308 g/mol. The number of nitrogens with two attached hydrogens (primary N) is 1. The van der Waals surface area contributed by atoms with Crippen molar-refractivity contribution in [1.29, 1.82) is 5.26 Å². The fourth-order valence-electron chi connectivity index (χ4n) is 1.05. The quantitative estimate of drug-likeness (QED) is 0.843. The predicted molar refractivity (Wildman–Crippen MR) is 59.8 cm³/mol. The summed E-state index contributed by atoms with van der Waals surface area (Å²) in [6.45, 7) is 0.121. The summed E-state index contributed by atoms with van der Waals surface area (Å²) in [4.78, 5) is -0.135. The van der Waals surface area contributed by atoms with Crippen molar-refractivity contribution in [3.05, 3.63) is 27.7 Å². The van der Waals surface area contributed by atoms with Gasteiger partial charge in [0, 0.05) is 21.7 Å². The van der Waals surface area contributed by atoms with E-state index in [0.29, 0.717) is 10.0 Å². The summed E-state index contributed by atoms with van der Waals surface area (Å²) in [5.74, 6) is 0. The second-order valence-electron chi connectivity index (χ2n) is 2.70. The topological polar surface area (TPSA) is 83.9 Å². The van der Waals surface area contributed by atoms with E-state index in [1.165, 1.54) is 12.1 Å². The molecule has 1 aromatic rings. The molecule has 0 aliphatic heterocycles. The van der Waals surface area contributed by atoms with Gasteiger partial charge in [-0.05, 0) is 33.6 Å². The van der Waals surface area contributed by atoms with Crippen molar-refractivity contribution in [3.63, 3.8) is 0 Å². The summed E-state index contributed by atoms with van der Waals surface area (Å²) in [6.07, 6.45) is 0. The van der Waals surface area contributed by atoms with Crippen molar-refractivity contribution >= 4 is 35.7 Å². The summed E-state index contributed by atoms with van der Waals surface area (Å²) in [7, 11) is 1.33. The molecule has 0 bridgehead atoms. The summed E-state index contributed by atoms with van der Waals surface area (Å²) in [5.41, 5.74) is 6.14. The van der Waals surface area contributed by atoms with Crippen molar-refractivity contribution in [3.8, 4) is 6.07 Å². The van der Waals surface area contributed by atoms with Gasteiger partial charge in [-0.1, -0.05) is 0 Å². The Morgan fingerprint density at radius 3 is 2.53 bits per heavy atom. The number of rotatable bonds is 2. The molecule has 80 valence electrons. The number of hydrogen-bond donors (Lipinski definition) is 1. The van der Waals surface area contributed by atoms with Crippen LogP contribution < -0.4 is 5.73 Å². The van der Waals surface area contributed by atoms with E-state index in [9.17, 15) is 8.42 Å². The molecule has 0 amide bonds. The smallest absolute Gasteiger partial charge is 0.262 e.